The van der Waals surface area contributed by atoms with E-state index in [0.717, 1.165) is 15.8 Å². The molecule has 0 bridgehead atoms. The SMILES string of the molecule is COC(=O)/C(C)=C/COc1ccc(Br)c(C)c1. The first kappa shape index (κ1) is 13.8. The smallest absolute Gasteiger partial charge is 0.333 e. The summed E-state index contributed by atoms with van der Waals surface area (Å²) in [5, 5.41) is 0. The van der Waals surface area contributed by atoms with Crippen molar-refractivity contribution in [1.82, 2.24) is 0 Å². The summed E-state index contributed by atoms with van der Waals surface area (Å²) in [5.41, 5.74) is 1.65. The van der Waals surface area contributed by atoms with Gasteiger partial charge < -0.3 is 9.47 Å². The highest BCUT2D eigenvalue weighted by Crippen LogP contribution is 2.21. The summed E-state index contributed by atoms with van der Waals surface area (Å²) >= 11 is 3.42. The second-order valence-electron chi connectivity index (χ2n) is 3.60. The van der Waals surface area contributed by atoms with Crippen LogP contribution in [0.25, 0.3) is 0 Å². The maximum atomic E-state index is 11.1. The third kappa shape index (κ3) is 4.23. The zero-order valence-electron chi connectivity index (χ0n) is 10.1. The summed E-state index contributed by atoms with van der Waals surface area (Å²) in [5.74, 6) is 0.445. The normalized spacial score (nSPS) is 11.2. The quantitative estimate of drug-likeness (QED) is 0.632. The molecule has 0 fully saturated rings. The van der Waals surface area contributed by atoms with Gasteiger partial charge in [-0.25, -0.2) is 4.79 Å². The fraction of sp³-hybridized carbons (Fsp3) is 0.308. The number of halogens is 1. The summed E-state index contributed by atoms with van der Waals surface area (Å²) in [7, 11) is 1.36. The molecule has 0 spiro atoms. The first-order valence-corrected chi connectivity index (χ1v) is 5.98. The van der Waals surface area contributed by atoms with Gasteiger partial charge in [0.15, 0.2) is 0 Å². The second kappa shape index (κ2) is 6.45. The van der Waals surface area contributed by atoms with Gasteiger partial charge in [-0.3, -0.25) is 0 Å². The molecule has 0 unspecified atom stereocenters. The van der Waals surface area contributed by atoms with E-state index in [1.807, 2.05) is 25.1 Å². The average molecular weight is 299 g/mol. The van der Waals surface area contributed by atoms with Crippen LogP contribution in [0, 0.1) is 6.92 Å². The second-order valence-corrected chi connectivity index (χ2v) is 4.46. The molecule has 1 aromatic rings. The first-order valence-electron chi connectivity index (χ1n) is 5.18. The molecule has 0 saturated heterocycles. The molecule has 0 atom stereocenters. The molecule has 3 nitrogen and oxygen atoms in total. The fourth-order valence-electron chi connectivity index (χ4n) is 1.21. The lowest BCUT2D eigenvalue weighted by atomic mass is 10.2. The fourth-order valence-corrected chi connectivity index (χ4v) is 1.46. The minimum absolute atomic E-state index is 0.333. The summed E-state index contributed by atoms with van der Waals surface area (Å²) in [6, 6.07) is 5.74. The number of hydrogen-bond acceptors (Lipinski definition) is 3. The van der Waals surface area contributed by atoms with E-state index in [0.29, 0.717) is 12.2 Å². The van der Waals surface area contributed by atoms with Gasteiger partial charge in [-0.05, 0) is 43.7 Å². The molecule has 0 amide bonds. The van der Waals surface area contributed by atoms with Gasteiger partial charge in [-0.2, -0.15) is 0 Å². The molecule has 92 valence electrons. The van der Waals surface area contributed by atoms with Crippen molar-refractivity contribution in [1.29, 1.82) is 0 Å². The highest BCUT2D eigenvalue weighted by molar-refractivity contribution is 9.10. The minimum atomic E-state index is -0.333. The van der Waals surface area contributed by atoms with Crippen molar-refractivity contribution in [2.75, 3.05) is 13.7 Å². The Morgan fingerprint density at radius 2 is 2.18 bits per heavy atom. The van der Waals surface area contributed by atoms with E-state index in [9.17, 15) is 4.79 Å². The highest BCUT2D eigenvalue weighted by atomic mass is 79.9. The predicted octanol–water partition coefficient (Wildman–Crippen LogP) is 3.26. The van der Waals surface area contributed by atoms with Crippen LogP contribution in [-0.4, -0.2) is 19.7 Å². The van der Waals surface area contributed by atoms with Crippen LogP contribution >= 0.6 is 15.9 Å². The van der Waals surface area contributed by atoms with Crippen LogP contribution in [0.3, 0.4) is 0 Å². The number of hydrogen-bond donors (Lipinski definition) is 0. The molecule has 1 aromatic carbocycles. The Bertz CT molecular complexity index is 438. The molecule has 1 rings (SSSR count). The number of carbonyl (C=O) groups excluding carboxylic acids is 1. The molecule has 0 aliphatic heterocycles. The Balaban J connectivity index is 2.56. The van der Waals surface area contributed by atoms with Crippen LogP contribution in [0.2, 0.25) is 0 Å². The Labute approximate surface area is 110 Å². The lowest BCUT2D eigenvalue weighted by Gasteiger charge is -2.06. The largest absolute Gasteiger partial charge is 0.490 e. The number of aryl methyl sites for hydroxylation is 1. The standard InChI is InChI=1S/C13H15BrO3/c1-9(13(15)16-3)6-7-17-11-4-5-12(14)10(2)8-11/h4-6,8H,7H2,1-3H3/b9-6+. The molecular weight excluding hydrogens is 284 g/mol. The van der Waals surface area contributed by atoms with Crippen LogP contribution in [0.5, 0.6) is 5.75 Å². The lowest BCUT2D eigenvalue weighted by Crippen LogP contribution is -2.04. The number of esters is 1. The molecule has 0 aromatic heterocycles. The Kier molecular flexibility index (Phi) is 5.22. The predicted molar refractivity (Wildman–Crippen MR) is 70.1 cm³/mol. The van der Waals surface area contributed by atoms with Gasteiger partial charge in [-0.1, -0.05) is 15.9 Å². The Morgan fingerprint density at radius 1 is 1.47 bits per heavy atom. The molecule has 0 aliphatic rings. The van der Waals surface area contributed by atoms with E-state index in [4.69, 9.17) is 4.74 Å². The van der Waals surface area contributed by atoms with Gasteiger partial charge in [0, 0.05) is 10.0 Å². The summed E-state index contributed by atoms with van der Waals surface area (Å²) < 4.78 is 11.1. The Hall–Kier alpha value is -1.29. The average Bonchev–Trinajstić information content (AvgIpc) is 2.32. The molecular formula is C13H15BrO3. The van der Waals surface area contributed by atoms with Gasteiger partial charge in [0.25, 0.3) is 0 Å². The first-order chi connectivity index (χ1) is 8.04. The van der Waals surface area contributed by atoms with Crippen LogP contribution < -0.4 is 4.74 Å². The summed E-state index contributed by atoms with van der Waals surface area (Å²) in [6.45, 7) is 4.04. The molecule has 0 N–H and O–H groups in total. The number of benzene rings is 1. The molecule has 0 aliphatic carbocycles. The van der Waals surface area contributed by atoms with E-state index in [2.05, 4.69) is 20.7 Å². The van der Waals surface area contributed by atoms with Crippen molar-refractivity contribution in [3.63, 3.8) is 0 Å². The van der Waals surface area contributed by atoms with Gasteiger partial charge in [0.1, 0.15) is 12.4 Å². The lowest BCUT2D eigenvalue weighted by molar-refractivity contribution is -0.136. The van der Waals surface area contributed by atoms with E-state index in [1.54, 1.807) is 13.0 Å². The van der Waals surface area contributed by atoms with Crippen molar-refractivity contribution in [2.24, 2.45) is 0 Å². The van der Waals surface area contributed by atoms with Crippen LogP contribution in [-0.2, 0) is 9.53 Å². The monoisotopic (exact) mass is 298 g/mol. The third-order valence-electron chi connectivity index (χ3n) is 2.28. The topological polar surface area (TPSA) is 35.5 Å². The maximum Gasteiger partial charge on any atom is 0.333 e. The van der Waals surface area contributed by atoms with Gasteiger partial charge in [0.2, 0.25) is 0 Å². The number of ether oxygens (including phenoxy) is 2. The van der Waals surface area contributed by atoms with Crippen molar-refractivity contribution in [3.05, 3.63) is 39.9 Å². The number of methoxy groups -OCH3 is 1. The zero-order chi connectivity index (χ0) is 12.8. The van der Waals surface area contributed by atoms with Gasteiger partial charge in [-0.15, -0.1) is 0 Å². The molecule has 0 radical (unpaired) electrons. The van der Waals surface area contributed by atoms with E-state index >= 15 is 0 Å². The van der Waals surface area contributed by atoms with E-state index < -0.39 is 0 Å². The molecule has 0 heterocycles. The van der Waals surface area contributed by atoms with E-state index in [-0.39, 0.29) is 5.97 Å². The van der Waals surface area contributed by atoms with Crippen molar-refractivity contribution in [2.45, 2.75) is 13.8 Å². The number of carbonyl (C=O) groups is 1. The van der Waals surface area contributed by atoms with Crippen LogP contribution in [0.4, 0.5) is 0 Å². The molecule has 4 heteroatoms. The van der Waals surface area contributed by atoms with Gasteiger partial charge >= 0.3 is 5.97 Å². The van der Waals surface area contributed by atoms with Crippen LogP contribution in [0.1, 0.15) is 12.5 Å². The zero-order valence-corrected chi connectivity index (χ0v) is 11.7. The minimum Gasteiger partial charge on any atom is -0.490 e. The summed E-state index contributed by atoms with van der Waals surface area (Å²) in [4.78, 5) is 11.1. The van der Waals surface area contributed by atoms with Gasteiger partial charge in [0.05, 0.1) is 7.11 Å². The van der Waals surface area contributed by atoms with Crippen molar-refractivity contribution >= 4 is 21.9 Å². The third-order valence-corrected chi connectivity index (χ3v) is 3.17. The van der Waals surface area contributed by atoms with Crippen LogP contribution in [0.15, 0.2) is 34.3 Å². The maximum absolute atomic E-state index is 11.1. The van der Waals surface area contributed by atoms with E-state index in [1.165, 1.54) is 7.11 Å². The Morgan fingerprint density at radius 3 is 2.76 bits per heavy atom. The highest BCUT2D eigenvalue weighted by Gasteiger charge is 2.02. The number of rotatable bonds is 4. The molecule has 17 heavy (non-hydrogen) atoms. The summed E-state index contributed by atoms with van der Waals surface area (Å²) in [6.07, 6.45) is 1.70. The van der Waals surface area contributed by atoms with Crippen molar-refractivity contribution in [3.8, 4) is 5.75 Å². The van der Waals surface area contributed by atoms with Crippen molar-refractivity contribution < 1.29 is 14.3 Å². The molecule has 0 saturated carbocycles.